The van der Waals surface area contributed by atoms with Crippen molar-refractivity contribution < 1.29 is 22.4 Å². The molecule has 0 fully saturated rings. The van der Waals surface area contributed by atoms with Gasteiger partial charge < -0.3 is 9.88 Å². The number of rotatable bonds is 5. The fourth-order valence-corrected chi connectivity index (χ4v) is 2.36. The highest BCUT2D eigenvalue weighted by Gasteiger charge is 2.24. The quantitative estimate of drug-likeness (QED) is 0.488. The maximum Gasteiger partial charge on any atom is 0.257 e. The van der Waals surface area contributed by atoms with Crippen LogP contribution in [0.15, 0.2) is 6.07 Å². The van der Waals surface area contributed by atoms with E-state index in [2.05, 4.69) is 15.5 Å². The number of aromatic amines is 1. The van der Waals surface area contributed by atoms with Crippen molar-refractivity contribution in [3.63, 3.8) is 0 Å². The van der Waals surface area contributed by atoms with Crippen LogP contribution >= 0.6 is 12.2 Å². The molecule has 10 heteroatoms. The Morgan fingerprint density at radius 1 is 1.29 bits per heavy atom. The number of aromatic nitrogens is 3. The first-order chi connectivity index (χ1) is 11.2. The summed E-state index contributed by atoms with van der Waals surface area (Å²) in [5.41, 5.74) is -1.30. The lowest BCUT2D eigenvalue weighted by atomic mass is 10.1. The molecule has 1 amide bonds. The molecule has 5 nitrogen and oxygen atoms in total. The number of carbonyl (C=O) groups excluding carboxylic acids is 1. The van der Waals surface area contributed by atoms with Crippen LogP contribution in [0, 0.1) is 28.0 Å². The molecule has 2 N–H and O–H groups in total. The van der Waals surface area contributed by atoms with Gasteiger partial charge in [0.05, 0.1) is 0 Å². The van der Waals surface area contributed by atoms with E-state index < -0.39 is 34.7 Å². The lowest BCUT2D eigenvalue weighted by Gasteiger charge is -2.11. The van der Waals surface area contributed by atoms with Gasteiger partial charge in [-0.05, 0) is 12.2 Å². The molecule has 130 valence electrons. The van der Waals surface area contributed by atoms with E-state index in [1.54, 1.807) is 4.57 Å². The van der Waals surface area contributed by atoms with Gasteiger partial charge in [-0.15, -0.1) is 0 Å². The van der Waals surface area contributed by atoms with Gasteiger partial charge >= 0.3 is 0 Å². The molecule has 0 saturated heterocycles. The fraction of sp³-hybridized carbons (Fsp3) is 0.357. The number of nitrogens with zero attached hydrogens (tertiary/aromatic N) is 2. The average molecular weight is 362 g/mol. The molecule has 0 saturated carbocycles. The zero-order valence-electron chi connectivity index (χ0n) is 12.8. The predicted molar refractivity (Wildman–Crippen MR) is 80.1 cm³/mol. The van der Waals surface area contributed by atoms with Crippen molar-refractivity contribution >= 4 is 18.1 Å². The van der Waals surface area contributed by atoms with Gasteiger partial charge in [-0.1, -0.05) is 13.8 Å². The molecule has 0 radical (unpaired) electrons. The Labute approximate surface area is 139 Å². The SMILES string of the molecule is CC(C)c1n[nH]c(=S)n1CCNC(=O)c1c(F)c(F)cc(F)c1F. The zero-order chi connectivity index (χ0) is 18.0. The first-order valence-corrected chi connectivity index (χ1v) is 7.41. The minimum absolute atomic E-state index is 0.0428. The standard InChI is InChI=1S/C14H14F4N4OS/c1-6(2)12-20-21-14(24)22(12)4-3-19-13(23)9-10(17)7(15)5-8(16)11(9)18/h5-6H,3-4H2,1-2H3,(H,19,23)(H,21,24). The first-order valence-electron chi connectivity index (χ1n) is 7.00. The van der Waals surface area contributed by atoms with E-state index in [1.165, 1.54) is 0 Å². The number of carbonyl (C=O) groups is 1. The predicted octanol–water partition coefficient (Wildman–Crippen LogP) is 3.05. The largest absolute Gasteiger partial charge is 0.350 e. The van der Waals surface area contributed by atoms with Crippen LogP contribution in [0.4, 0.5) is 17.6 Å². The number of halogens is 4. The molecule has 1 heterocycles. The minimum atomic E-state index is -1.74. The van der Waals surface area contributed by atoms with Crippen LogP contribution in [0.1, 0.15) is 35.9 Å². The summed E-state index contributed by atoms with van der Waals surface area (Å²) in [5, 5.41) is 8.85. The maximum absolute atomic E-state index is 13.5. The van der Waals surface area contributed by atoms with Crippen molar-refractivity contribution in [3.05, 3.63) is 45.5 Å². The first kappa shape index (κ1) is 18.1. The second-order valence-corrected chi connectivity index (χ2v) is 5.68. The fourth-order valence-electron chi connectivity index (χ4n) is 2.13. The molecule has 0 bridgehead atoms. The Morgan fingerprint density at radius 3 is 2.42 bits per heavy atom. The summed E-state index contributed by atoms with van der Waals surface area (Å²) in [5.74, 6) is -7.33. The summed E-state index contributed by atoms with van der Waals surface area (Å²) in [6, 6.07) is 0.0428. The molecular formula is C14H14F4N4OS. The second-order valence-electron chi connectivity index (χ2n) is 5.29. The summed E-state index contributed by atoms with van der Waals surface area (Å²) >= 11 is 5.05. The molecule has 2 rings (SSSR count). The van der Waals surface area contributed by atoms with Crippen LogP contribution in [0.3, 0.4) is 0 Å². The summed E-state index contributed by atoms with van der Waals surface area (Å²) in [7, 11) is 0. The van der Waals surface area contributed by atoms with Gasteiger partial charge in [-0.25, -0.2) is 17.6 Å². The lowest BCUT2D eigenvalue weighted by molar-refractivity contribution is 0.0941. The molecule has 1 aromatic carbocycles. The van der Waals surface area contributed by atoms with Crippen molar-refractivity contribution in [1.29, 1.82) is 0 Å². The van der Waals surface area contributed by atoms with Crippen molar-refractivity contribution in [1.82, 2.24) is 20.1 Å². The molecule has 0 aliphatic carbocycles. The molecule has 2 aromatic rings. The minimum Gasteiger partial charge on any atom is -0.350 e. The summed E-state index contributed by atoms with van der Waals surface area (Å²) < 4.78 is 55.3. The Bertz CT molecular complexity index is 805. The zero-order valence-corrected chi connectivity index (χ0v) is 13.6. The Morgan fingerprint density at radius 2 is 1.88 bits per heavy atom. The van der Waals surface area contributed by atoms with E-state index in [0.29, 0.717) is 10.6 Å². The highest BCUT2D eigenvalue weighted by atomic mass is 32.1. The Balaban J connectivity index is 2.13. The Hall–Kier alpha value is -2.23. The number of hydrogen-bond acceptors (Lipinski definition) is 3. The summed E-state index contributed by atoms with van der Waals surface area (Å²) in [6.45, 7) is 3.89. The summed E-state index contributed by atoms with van der Waals surface area (Å²) in [6.07, 6.45) is 0. The van der Waals surface area contributed by atoms with E-state index in [-0.39, 0.29) is 25.1 Å². The highest BCUT2D eigenvalue weighted by molar-refractivity contribution is 7.71. The third kappa shape index (κ3) is 3.48. The van der Waals surface area contributed by atoms with Gasteiger partial charge in [0.2, 0.25) is 0 Å². The van der Waals surface area contributed by atoms with Gasteiger partial charge in [-0.3, -0.25) is 9.89 Å². The van der Waals surface area contributed by atoms with E-state index in [0.717, 1.165) is 0 Å². The molecule has 24 heavy (non-hydrogen) atoms. The number of benzene rings is 1. The van der Waals surface area contributed by atoms with Gasteiger partial charge in [0.25, 0.3) is 5.91 Å². The van der Waals surface area contributed by atoms with E-state index in [9.17, 15) is 22.4 Å². The van der Waals surface area contributed by atoms with Crippen LogP contribution < -0.4 is 5.32 Å². The van der Waals surface area contributed by atoms with Gasteiger partial charge in [-0.2, -0.15) is 5.10 Å². The average Bonchev–Trinajstić information content (AvgIpc) is 2.87. The van der Waals surface area contributed by atoms with Gasteiger partial charge in [0.1, 0.15) is 11.4 Å². The van der Waals surface area contributed by atoms with Crippen LogP contribution in [0.5, 0.6) is 0 Å². The normalized spacial score (nSPS) is 11.1. The van der Waals surface area contributed by atoms with Gasteiger partial charge in [0, 0.05) is 25.1 Å². The molecular weight excluding hydrogens is 348 g/mol. The third-order valence-corrected chi connectivity index (χ3v) is 3.58. The maximum atomic E-state index is 13.5. The van der Waals surface area contributed by atoms with E-state index in [4.69, 9.17) is 12.2 Å². The van der Waals surface area contributed by atoms with Crippen molar-refractivity contribution in [2.24, 2.45) is 0 Å². The lowest BCUT2D eigenvalue weighted by Crippen LogP contribution is -2.30. The van der Waals surface area contributed by atoms with E-state index >= 15 is 0 Å². The molecule has 0 aliphatic heterocycles. The molecule has 1 aromatic heterocycles. The number of nitrogens with one attached hydrogen (secondary N) is 2. The van der Waals surface area contributed by atoms with Crippen LogP contribution in [0.2, 0.25) is 0 Å². The van der Waals surface area contributed by atoms with Crippen LogP contribution in [0.25, 0.3) is 0 Å². The van der Waals surface area contributed by atoms with E-state index in [1.807, 2.05) is 13.8 Å². The smallest absolute Gasteiger partial charge is 0.257 e. The number of amides is 1. The Kier molecular flexibility index (Phi) is 5.37. The van der Waals surface area contributed by atoms with Crippen molar-refractivity contribution in [2.75, 3.05) is 6.54 Å². The van der Waals surface area contributed by atoms with Gasteiger partial charge in [0.15, 0.2) is 28.0 Å². The van der Waals surface area contributed by atoms with Crippen LogP contribution in [-0.4, -0.2) is 27.2 Å². The second kappa shape index (κ2) is 7.12. The third-order valence-electron chi connectivity index (χ3n) is 3.26. The molecule has 0 unspecified atom stereocenters. The molecule has 0 spiro atoms. The highest BCUT2D eigenvalue weighted by Crippen LogP contribution is 2.19. The van der Waals surface area contributed by atoms with Crippen LogP contribution in [-0.2, 0) is 6.54 Å². The number of H-pyrrole nitrogens is 1. The van der Waals surface area contributed by atoms with Crippen molar-refractivity contribution in [2.45, 2.75) is 26.3 Å². The van der Waals surface area contributed by atoms with Crippen molar-refractivity contribution in [3.8, 4) is 0 Å². The molecule has 0 aliphatic rings. The monoisotopic (exact) mass is 362 g/mol. The number of hydrogen-bond donors (Lipinski definition) is 2. The topological polar surface area (TPSA) is 62.7 Å². The summed E-state index contributed by atoms with van der Waals surface area (Å²) in [4.78, 5) is 11.8. The molecule has 0 atom stereocenters.